The summed E-state index contributed by atoms with van der Waals surface area (Å²) in [6.45, 7) is 1.88. The lowest BCUT2D eigenvalue weighted by molar-refractivity contribution is -0.132. The Morgan fingerprint density at radius 2 is 2.00 bits per heavy atom. The van der Waals surface area contributed by atoms with Crippen LogP contribution < -0.4 is 10.6 Å². The summed E-state index contributed by atoms with van der Waals surface area (Å²) in [5.41, 5.74) is 1.36. The smallest absolute Gasteiger partial charge is 0.352 e. The number of carboxylic acid groups (broad SMARTS) is 1. The van der Waals surface area contributed by atoms with Gasteiger partial charge < -0.3 is 15.7 Å². The predicted octanol–water partition coefficient (Wildman–Crippen LogP) is 3.71. The molecule has 4 rings (SSSR count). The number of hydrogen-bond acceptors (Lipinski definition) is 4. The Bertz CT molecular complexity index is 1200. The fourth-order valence-corrected chi connectivity index (χ4v) is 3.27. The maximum Gasteiger partial charge on any atom is 0.352 e. The SMILES string of the molecule is Cc1cccc(NC(=O)c2cnn3c2NC(C(=O)O)=C[C@@H]3c2ccc(F)cc2F)c1. The van der Waals surface area contributed by atoms with Gasteiger partial charge in [-0.3, -0.25) is 4.79 Å². The van der Waals surface area contributed by atoms with Crippen molar-refractivity contribution < 1.29 is 23.5 Å². The molecule has 30 heavy (non-hydrogen) atoms. The van der Waals surface area contributed by atoms with Gasteiger partial charge in [-0.1, -0.05) is 18.2 Å². The molecule has 0 spiro atoms. The van der Waals surface area contributed by atoms with E-state index in [1.807, 2.05) is 13.0 Å². The summed E-state index contributed by atoms with van der Waals surface area (Å²) >= 11 is 0. The maximum atomic E-state index is 14.4. The monoisotopic (exact) mass is 410 g/mol. The van der Waals surface area contributed by atoms with E-state index in [1.54, 1.807) is 18.2 Å². The Kier molecular flexibility index (Phi) is 4.78. The van der Waals surface area contributed by atoms with Gasteiger partial charge in [-0.2, -0.15) is 5.10 Å². The van der Waals surface area contributed by atoms with Crippen LogP contribution in [0, 0.1) is 18.6 Å². The zero-order valence-corrected chi connectivity index (χ0v) is 15.7. The number of aromatic nitrogens is 2. The number of nitrogens with zero attached hydrogens (tertiary/aromatic N) is 2. The molecule has 0 unspecified atom stereocenters. The fraction of sp³-hybridized carbons (Fsp3) is 0.0952. The largest absolute Gasteiger partial charge is 0.477 e. The number of benzene rings is 2. The van der Waals surface area contributed by atoms with Crippen LogP contribution in [0.4, 0.5) is 20.3 Å². The number of anilines is 2. The molecule has 0 radical (unpaired) electrons. The molecule has 1 amide bonds. The second kappa shape index (κ2) is 7.43. The van der Waals surface area contributed by atoms with Crippen molar-refractivity contribution in [1.29, 1.82) is 0 Å². The summed E-state index contributed by atoms with van der Waals surface area (Å²) in [5, 5.41) is 19.0. The minimum absolute atomic E-state index is 0.0200. The van der Waals surface area contributed by atoms with Crippen molar-refractivity contribution in [1.82, 2.24) is 9.78 Å². The predicted molar refractivity (Wildman–Crippen MR) is 105 cm³/mol. The first-order valence-electron chi connectivity index (χ1n) is 8.96. The summed E-state index contributed by atoms with van der Waals surface area (Å²) in [4.78, 5) is 24.4. The van der Waals surface area contributed by atoms with Gasteiger partial charge in [0.25, 0.3) is 5.91 Å². The van der Waals surface area contributed by atoms with Gasteiger partial charge in [-0.05, 0) is 36.8 Å². The highest BCUT2D eigenvalue weighted by atomic mass is 19.1. The standard InChI is InChI=1S/C21H16F2N4O3/c1-11-3-2-4-13(7-11)25-20(28)15-10-24-27-18(9-17(21(29)30)26-19(15)27)14-6-5-12(22)8-16(14)23/h2-10,18,26H,1H3,(H,25,28)(H,29,30)/t18-/m1/s1. The van der Waals surface area contributed by atoms with Gasteiger partial charge in [0.15, 0.2) is 0 Å². The van der Waals surface area contributed by atoms with Crippen LogP contribution in [0.1, 0.15) is 27.5 Å². The van der Waals surface area contributed by atoms with Crippen molar-refractivity contribution in [2.24, 2.45) is 0 Å². The van der Waals surface area contributed by atoms with Gasteiger partial charge in [-0.25, -0.2) is 18.3 Å². The Morgan fingerprint density at radius 3 is 2.70 bits per heavy atom. The van der Waals surface area contributed by atoms with E-state index in [0.717, 1.165) is 11.6 Å². The molecule has 0 bridgehead atoms. The van der Waals surface area contributed by atoms with Crippen LogP contribution in [0.5, 0.6) is 0 Å². The van der Waals surface area contributed by atoms with Crippen molar-refractivity contribution in [3.8, 4) is 0 Å². The maximum absolute atomic E-state index is 14.4. The lowest BCUT2D eigenvalue weighted by atomic mass is 10.0. The van der Waals surface area contributed by atoms with E-state index >= 15 is 0 Å². The fourth-order valence-electron chi connectivity index (χ4n) is 3.27. The minimum atomic E-state index is -1.29. The van der Waals surface area contributed by atoms with E-state index in [1.165, 1.54) is 23.0 Å². The Hall–Kier alpha value is -4.01. The van der Waals surface area contributed by atoms with Crippen molar-refractivity contribution in [3.63, 3.8) is 0 Å². The number of aryl methyl sites for hydroxylation is 1. The first-order valence-corrected chi connectivity index (χ1v) is 8.96. The molecule has 3 N–H and O–H groups in total. The van der Waals surface area contributed by atoms with Gasteiger partial charge >= 0.3 is 5.97 Å². The number of nitrogens with one attached hydrogen (secondary N) is 2. The van der Waals surface area contributed by atoms with E-state index in [9.17, 15) is 23.5 Å². The summed E-state index contributed by atoms with van der Waals surface area (Å²) in [7, 11) is 0. The highest BCUT2D eigenvalue weighted by molar-refractivity contribution is 6.08. The van der Waals surface area contributed by atoms with E-state index in [2.05, 4.69) is 15.7 Å². The van der Waals surface area contributed by atoms with E-state index in [4.69, 9.17) is 0 Å². The number of rotatable bonds is 4. The number of carbonyl (C=O) groups is 2. The van der Waals surface area contributed by atoms with Crippen LogP contribution in [-0.4, -0.2) is 26.8 Å². The molecule has 152 valence electrons. The molecule has 7 nitrogen and oxygen atoms in total. The molecule has 3 aromatic rings. The first-order chi connectivity index (χ1) is 14.3. The van der Waals surface area contributed by atoms with Crippen LogP contribution in [-0.2, 0) is 4.79 Å². The molecule has 0 fully saturated rings. The summed E-state index contributed by atoms with van der Waals surface area (Å²) < 4.78 is 29.0. The summed E-state index contributed by atoms with van der Waals surface area (Å²) in [5.74, 6) is -3.32. The Labute approximate surface area is 169 Å². The highest BCUT2D eigenvalue weighted by Crippen LogP contribution is 2.33. The van der Waals surface area contributed by atoms with Gasteiger partial charge in [0, 0.05) is 17.3 Å². The van der Waals surface area contributed by atoms with Crippen molar-refractivity contribution in [2.45, 2.75) is 13.0 Å². The molecule has 2 aromatic carbocycles. The zero-order chi connectivity index (χ0) is 21.4. The number of amides is 1. The quantitative estimate of drug-likeness (QED) is 0.610. The average molecular weight is 410 g/mol. The third-order valence-corrected chi connectivity index (χ3v) is 4.67. The van der Waals surface area contributed by atoms with Crippen molar-refractivity contribution >= 4 is 23.4 Å². The van der Waals surface area contributed by atoms with Gasteiger partial charge in [0.05, 0.1) is 6.20 Å². The molecule has 0 aliphatic carbocycles. The average Bonchev–Trinajstić information content (AvgIpc) is 3.11. The third kappa shape index (κ3) is 3.52. The topological polar surface area (TPSA) is 96.3 Å². The molecule has 1 aliphatic rings. The number of halogens is 2. The molecule has 0 saturated carbocycles. The molecular weight excluding hydrogens is 394 g/mol. The Morgan fingerprint density at radius 1 is 1.20 bits per heavy atom. The second-order valence-electron chi connectivity index (χ2n) is 6.80. The first kappa shape index (κ1) is 19.3. The molecular formula is C21H16F2N4O3. The Balaban J connectivity index is 1.75. The van der Waals surface area contributed by atoms with Gasteiger partial charge in [-0.15, -0.1) is 0 Å². The number of carboxylic acids is 1. The van der Waals surface area contributed by atoms with Crippen LogP contribution >= 0.6 is 0 Å². The molecule has 9 heteroatoms. The van der Waals surface area contributed by atoms with Crippen LogP contribution in [0.25, 0.3) is 0 Å². The number of fused-ring (bicyclic) bond motifs is 1. The number of hydrogen-bond donors (Lipinski definition) is 3. The molecule has 2 heterocycles. The third-order valence-electron chi connectivity index (χ3n) is 4.67. The lowest BCUT2D eigenvalue weighted by Crippen LogP contribution is -2.26. The summed E-state index contributed by atoms with van der Waals surface area (Å²) in [6.07, 6.45) is 2.52. The molecule has 1 aromatic heterocycles. The number of allylic oxidation sites excluding steroid dienone is 1. The van der Waals surface area contributed by atoms with E-state index < -0.39 is 29.6 Å². The lowest BCUT2D eigenvalue weighted by Gasteiger charge is -2.24. The minimum Gasteiger partial charge on any atom is -0.477 e. The normalized spacial score (nSPS) is 15.0. The van der Waals surface area contributed by atoms with Gasteiger partial charge in [0.2, 0.25) is 0 Å². The second-order valence-corrected chi connectivity index (χ2v) is 6.80. The molecule has 1 aliphatic heterocycles. The van der Waals surface area contributed by atoms with Crippen molar-refractivity contribution in [3.05, 3.63) is 88.8 Å². The number of carbonyl (C=O) groups excluding carboxylic acids is 1. The molecule has 1 atom stereocenters. The van der Waals surface area contributed by atoms with Crippen LogP contribution in [0.3, 0.4) is 0 Å². The van der Waals surface area contributed by atoms with Crippen molar-refractivity contribution in [2.75, 3.05) is 10.6 Å². The summed E-state index contributed by atoms with van der Waals surface area (Å²) in [6, 6.07) is 9.18. The van der Waals surface area contributed by atoms with E-state index in [0.29, 0.717) is 11.8 Å². The van der Waals surface area contributed by atoms with Crippen LogP contribution in [0.2, 0.25) is 0 Å². The van der Waals surface area contributed by atoms with Gasteiger partial charge in [0.1, 0.15) is 34.8 Å². The zero-order valence-electron chi connectivity index (χ0n) is 15.7. The van der Waals surface area contributed by atoms with E-state index in [-0.39, 0.29) is 22.6 Å². The number of aliphatic carboxylic acids is 1. The highest BCUT2D eigenvalue weighted by Gasteiger charge is 2.30. The molecule has 0 saturated heterocycles. The van der Waals surface area contributed by atoms with Crippen LogP contribution in [0.15, 0.2) is 60.4 Å².